The third-order valence-corrected chi connectivity index (χ3v) is 7.79. The number of carboxylic acids is 2. The first-order valence-corrected chi connectivity index (χ1v) is 11.7. The molecule has 1 aromatic carbocycles. The lowest BCUT2D eigenvalue weighted by Gasteiger charge is -2.22. The van der Waals surface area contributed by atoms with Crippen molar-refractivity contribution in [1.29, 1.82) is 0 Å². The van der Waals surface area contributed by atoms with Crippen LogP contribution in [0.5, 0.6) is 5.75 Å². The Bertz CT molecular complexity index is 1360. The molecule has 1 aromatic rings. The maximum absolute atomic E-state index is 12.3. The number of anilines is 1. The molecule has 0 spiro atoms. The molecule has 0 bridgehead atoms. The number of aromatic hydroxyl groups is 1. The number of aliphatic carboxylic acids is 2. The van der Waals surface area contributed by atoms with Gasteiger partial charge in [0.1, 0.15) is 23.5 Å². The highest BCUT2D eigenvalue weighted by Crippen LogP contribution is 2.48. The van der Waals surface area contributed by atoms with Crippen molar-refractivity contribution < 1.29 is 24.9 Å². The van der Waals surface area contributed by atoms with Crippen LogP contribution in [-0.2, 0) is 22.4 Å². The summed E-state index contributed by atoms with van der Waals surface area (Å²) >= 11 is 2.58. The number of nitrogens with two attached hydrogens (primary N) is 2. The molecule has 0 amide bonds. The fraction of sp³-hybridized carbons (Fsp3) is 0.182. The molecular weight excluding hydrogens is 480 g/mol. The number of nitrogens with zero attached hydrogens (tertiary/aromatic N) is 1. The summed E-state index contributed by atoms with van der Waals surface area (Å²) in [6, 6.07) is 3.78. The van der Waals surface area contributed by atoms with Gasteiger partial charge in [-0.2, -0.15) is 0 Å². The number of hydrogen-bond acceptors (Lipinski definition) is 10. The largest absolute Gasteiger partial charge is 0.506 e. The zero-order chi connectivity index (χ0) is 24.6. The Morgan fingerprint density at radius 2 is 1.68 bits per heavy atom. The van der Waals surface area contributed by atoms with Crippen molar-refractivity contribution in [3.05, 3.63) is 62.9 Å². The second-order valence-corrected chi connectivity index (χ2v) is 9.73. The molecule has 12 heteroatoms. The fourth-order valence-corrected chi connectivity index (χ4v) is 5.75. The molecule has 176 valence electrons. The second-order valence-electron chi connectivity index (χ2n) is 7.63. The zero-order valence-corrected chi connectivity index (χ0v) is 19.2. The van der Waals surface area contributed by atoms with E-state index in [0.717, 1.165) is 0 Å². The minimum Gasteiger partial charge on any atom is -0.506 e. The summed E-state index contributed by atoms with van der Waals surface area (Å²) in [4.78, 5) is 41.7. The average molecular weight is 501 g/mol. The van der Waals surface area contributed by atoms with Gasteiger partial charge in [-0.1, -0.05) is 23.9 Å². The van der Waals surface area contributed by atoms with E-state index in [-0.39, 0.29) is 29.7 Å². The highest BCUT2D eigenvalue weighted by Gasteiger charge is 2.25. The Kier molecular flexibility index (Phi) is 6.57. The highest BCUT2D eigenvalue weighted by molar-refractivity contribution is 8.08. The van der Waals surface area contributed by atoms with Crippen LogP contribution in [-0.4, -0.2) is 44.3 Å². The van der Waals surface area contributed by atoms with Crippen molar-refractivity contribution in [2.75, 3.05) is 5.32 Å². The summed E-state index contributed by atoms with van der Waals surface area (Å²) in [7, 11) is 0. The van der Waals surface area contributed by atoms with Gasteiger partial charge in [-0.3, -0.25) is 14.4 Å². The van der Waals surface area contributed by atoms with Crippen LogP contribution >= 0.6 is 23.1 Å². The van der Waals surface area contributed by atoms with Crippen LogP contribution in [0.25, 0.3) is 15.5 Å². The molecule has 34 heavy (non-hydrogen) atoms. The maximum Gasteiger partial charge on any atom is 0.320 e. The molecule has 2 atom stereocenters. The molecular formula is C22H20N4O6S2. The molecule has 0 aromatic heterocycles. The van der Waals surface area contributed by atoms with Gasteiger partial charge in [-0.15, -0.1) is 11.3 Å². The second kappa shape index (κ2) is 9.43. The molecule has 2 aliphatic heterocycles. The number of thioether (sulfide) groups is 1. The monoisotopic (exact) mass is 500 g/mol. The Balaban J connectivity index is 1.73. The van der Waals surface area contributed by atoms with Crippen LogP contribution in [0, 0.1) is 0 Å². The summed E-state index contributed by atoms with van der Waals surface area (Å²) in [5, 5.41) is 31.7. The molecule has 3 aliphatic rings. The van der Waals surface area contributed by atoms with Gasteiger partial charge in [0.2, 0.25) is 5.43 Å². The van der Waals surface area contributed by atoms with E-state index < -0.39 is 24.0 Å². The van der Waals surface area contributed by atoms with Crippen molar-refractivity contribution in [1.82, 2.24) is 4.98 Å². The lowest BCUT2D eigenvalue weighted by atomic mass is 10.0. The number of hydrogen-bond donors (Lipinski definition) is 6. The van der Waals surface area contributed by atoms with Gasteiger partial charge in [0, 0.05) is 22.2 Å². The van der Waals surface area contributed by atoms with E-state index in [4.69, 9.17) is 11.5 Å². The van der Waals surface area contributed by atoms with Gasteiger partial charge in [0.05, 0.1) is 15.4 Å². The Labute approximate surface area is 201 Å². The summed E-state index contributed by atoms with van der Waals surface area (Å²) in [6.07, 6.45) is 3.32. The van der Waals surface area contributed by atoms with Crippen LogP contribution in [0.1, 0.15) is 16.0 Å². The lowest BCUT2D eigenvalue weighted by Crippen LogP contribution is -2.32. The van der Waals surface area contributed by atoms with Crippen LogP contribution in [0.3, 0.4) is 0 Å². The molecule has 0 saturated carbocycles. The molecule has 2 unspecified atom stereocenters. The van der Waals surface area contributed by atoms with E-state index >= 15 is 0 Å². The topological polar surface area (TPSA) is 189 Å². The number of carbonyl (C=O) groups is 2. The van der Waals surface area contributed by atoms with E-state index in [2.05, 4.69) is 10.3 Å². The van der Waals surface area contributed by atoms with Crippen molar-refractivity contribution in [3.63, 3.8) is 0 Å². The van der Waals surface area contributed by atoms with Crippen LogP contribution in [0.15, 0.2) is 46.4 Å². The third-order valence-electron chi connectivity index (χ3n) is 5.23. The first-order chi connectivity index (χ1) is 16.2. The average Bonchev–Trinajstić information content (AvgIpc) is 2.82. The van der Waals surface area contributed by atoms with Gasteiger partial charge in [0.25, 0.3) is 0 Å². The van der Waals surface area contributed by atoms with Gasteiger partial charge in [-0.05, 0) is 36.1 Å². The summed E-state index contributed by atoms with van der Waals surface area (Å²) in [6.45, 7) is 0. The summed E-state index contributed by atoms with van der Waals surface area (Å²) in [5.74, 6) is -2.27. The Morgan fingerprint density at radius 1 is 1.03 bits per heavy atom. The molecule has 0 fully saturated rings. The number of carboxylic acid groups (broad SMARTS) is 2. The standard InChI is InChI=1S/C22H20N4O6S2/c23-11(21(29)30)5-9-1-3-13(27)17-19(9)33-15(7-25-17)16-8-26-18-14(28)4-2-10(20(18)34-16)6-12(24)22(31)32/h1-4,7-8,11-12,25,27H,5-6,23-24H2,(H,29,30)(H,31,32). The lowest BCUT2D eigenvalue weighted by molar-refractivity contribution is -0.139. The number of phenols is 1. The molecule has 1 aliphatic carbocycles. The van der Waals surface area contributed by atoms with E-state index in [0.29, 0.717) is 36.4 Å². The van der Waals surface area contributed by atoms with E-state index in [1.54, 1.807) is 24.5 Å². The number of phenolic OH excluding ortho intramolecular Hbond substituents is 1. The van der Waals surface area contributed by atoms with Gasteiger partial charge in [0.15, 0.2) is 0 Å². The Hall–Kier alpha value is -3.45. The number of aromatic nitrogens is 1. The maximum atomic E-state index is 12.3. The van der Waals surface area contributed by atoms with Crippen molar-refractivity contribution in [2.45, 2.75) is 29.8 Å². The molecule has 0 saturated heterocycles. The smallest absolute Gasteiger partial charge is 0.320 e. The van der Waals surface area contributed by atoms with Crippen LogP contribution in [0.2, 0.25) is 0 Å². The number of rotatable bonds is 7. The molecule has 8 N–H and O–H groups in total. The molecule has 4 rings (SSSR count). The van der Waals surface area contributed by atoms with Crippen molar-refractivity contribution in [2.24, 2.45) is 11.5 Å². The van der Waals surface area contributed by atoms with Crippen LogP contribution in [0.4, 0.5) is 5.69 Å². The minimum atomic E-state index is -1.15. The molecule has 2 heterocycles. The number of nitrogens with one attached hydrogen (secondary N) is 1. The number of benzene rings is 2. The molecule has 0 radical (unpaired) electrons. The Morgan fingerprint density at radius 3 is 2.35 bits per heavy atom. The van der Waals surface area contributed by atoms with Crippen LogP contribution < -0.4 is 22.2 Å². The van der Waals surface area contributed by atoms with Crippen molar-refractivity contribution in [3.8, 4) is 16.3 Å². The zero-order valence-electron chi connectivity index (χ0n) is 17.5. The van der Waals surface area contributed by atoms with E-state index in [9.17, 15) is 29.7 Å². The van der Waals surface area contributed by atoms with Gasteiger partial charge in [-0.25, -0.2) is 4.98 Å². The fourth-order valence-electron chi connectivity index (χ4n) is 3.44. The SMILES string of the molecule is NC(Cc1ccc(=O)c2ncc(C3=CNc4c(O)ccc(CC(N)C(=O)O)c4S3)sc1-2)C(=O)O. The summed E-state index contributed by atoms with van der Waals surface area (Å²) in [5.41, 5.74) is 13.1. The first-order valence-electron chi connectivity index (χ1n) is 10.0. The normalized spacial score (nSPS) is 14.6. The van der Waals surface area contributed by atoms with E-state index in [1.165, 1.54) is 35.2 Å². The highest BCUT2D eigenvalue weighted by atomic mass is 32.2. The first kappa shape index (κ1) is 23.7. The third kappa shape index (κ3) is 4.61. The minimum absolute atomic E-state index is 0.00620. The number of fused-ring (bicyclic) bond motifs is 2. The van der Waals surface area contributed by atoms with Gasteiger partial charge >= 0.3 is 11.9 Å². The predicted octanol–water partition coefficient (Wildman–Crippen LogP) is 1.74. The van der Waals surface area contributed by atoms with E-state index in [1.807, 2.05) is 0 Å². The van der Waals surface area contributed by atoms with Crippen molar-refractivity contribution >= 4 is 45.6 Å². The molecule has 10 nitrogen and oxygen atoms in total. The predicted molar refractivity (Wildman–Crippen MR) is 129 cm³/mol. The summed E-state index contributed by atoms with van der Waals surface area (Å²) < 4.78 is 0. The quantitative estimate of drug-likeness (QED) is 0.259. The van der Waals surface area contributed by atoms with Gasteiger partial charge < -0.3 is 32.1 Å².